The van der Waals surface area contributed by atoms with Gasteiger partial charge in [-0.2, -0.15) is 13.2 Å². The van der Waals surface area contributed by atoms with Crippen molar-refractivity contribution in [3.63, 3.8) is 0 Å². The second kappa shape index (κ2) is 7.83. The maximum Gasteiger partial charge on any atom is 0.416 e. The summed E-state index contributed by atoms with van der Waals surface area (Å²) in [7, 11) is 0. The van der Waals surface area contributed by atoms with Gasteiger partial charge in [-0.3, -0.25) is 4.79 Å². The SMILES string of the molecule is CCOC(=O)C(NC(=O)c1ccc(C(F)(F)F)cc1)c1ccccc1. The Bertz CT molecular complexity index is 727. The number of rotatable bonds is 5. The van der Waals surface area contributed by atoms with E-state index in [4.69, 9.17) is 4.74 Å². The van der Waals surface area contributed by atoms with Crippen molar-refractivity contribution in [3.05, 3.63) is 71.3 Å². The quantitative estimate of drug-likeness (QED) is 0.835. The second-order valence-corrected chi connectivity index (χ2v) is 5.14. The fraction of sp³-hybridized carbons (Fsp3) is 0.222. The molecule has 132 valence electrons. The molecular formula is C18H16F3NO3. The molecule has 0 spiro atoms. The molecule has 0 aromatic heterocycles. The highest BCUT2D eigenvalue weighted by molar-refractivity contribution is 5.97. The Hall–Kier alpha value is -2.83. The zero-order valence-electron chi connectivity index (χ0n) is 13.3. The van der Waals surface area contributed by atoms with Gasteiger partial charge in [0.05, 0.1) is 12.2 Å². The Morgan fingerprint density at radius 3 is 2.16 bits per heavy atom. The number of alkyl halides is 3. The van der Waals surface area contributed by atoms with Crippen LogP contribution in [0.3, 0.4) is 0 Å². The predicted octanol–water partition coefficient (Wildman–Crippen LogP) is 3.74. The zero-order chi connectivity index (χ0) is 18.4. The predicted molar refractivity (Wildman–Crippen MR) is 84.7 cm³/mol. The Labute approximate surface area is 142 Å². The van der Waals surface area contributed by atoms with Gasteiger partial charge in [-0.25, -0.2) is 4.79 Å². The summed E-state index contributed by atoms with van der Waals surface area (Å²) < 4.78 is 42.7. The van der Waals surface area contributed by atoms with E-state index in [2.05, 4.69) is 5.32 Å². The first-order valence-electron chi connectivity index (χ1n) is 7.52. The zero-order valence-corrected chi connectivity index (χ0v) is 13.3. The van der Waals surface area contributed by atoms with E-state index in [9.17, 15) is 22.8 Å². The first kappa shape index (κ1) is 18.5. The minimum atomic E-state index is -4.48. The van der Waals surface area contributed by atoms with Crippen LogP contribution in [0.5, 0.6) is 0 Å². The summed E-state index contributed by atoms with van der Waals surface area (Å²) in [4.78, 5) is 24.4. The minimum Gasteiger partial charge on any atom is -0.464 e. The third kappa shape index (κ3) is 4.82. The molecular weight excluding hydrogens is 335 g/mol. The molecule has 0 aliphatic carbocycles. The lowest BCUT2D eigenvalue weighted by atomic mass is 10.1. The molecule has 1 N–H and O–H groups in total. The lowest BCUT2D eigenvalue weighted by molar-refractivity contribution is -0.145. The number of benzene rings is 2. The molecule has 0 radical (unpaired) electrons. The van der Waals surface area contributed by atoms with E-state index in [0.717, 1.165) is 24.3 Å². The molecule has 0 aliphatic rings. The molecule has 4 nitrogen and oxygen atoms in total. The van der Waals surface area contributed by atoms with Gasteiger partial charge in [0.15, 0.2) is 6.04 Å². The Morgan fingerprint density at radius 2 is 1.64 bits per heavy atom. The second-order valence-electron chi connectivity index (χ2n) is 5.14. The first-order chi connectivity index (χ1) is 11.8. The highest BCUT2D eigenvalue weighted by Gasteiger charge is 2.30. The molecule has 2 rings (SSSR count). The van der Waals surface area contributed by atoms with Crippen molar-refractivity contribution in [1.29, 1.82) is 0 Å². The summed E-state index contributed by atoms with van der Waals surface area (Å²) in [6, 6.07) is 11.2. The van der Waals surface area contributed by atoms with Crippen LogP contribution in [0.15, 0.2) is 54.6 Å². The van der Waals surface area contributed by atoms with Gasteiger partial charge in [-0.1, -0.05) is 30.3 Å². The summed E-state index contributed by atoms with van der Waals surface area (Å²) >= 11 is 0. The van der Waals surface area contributed by atoms with Crippen molar-refractivity contribution in [2.75, 3.05) is 6.61 Å². The minimum absolute atomic E-state index is 0.0122. The molecule has 1 atom stereocenters. The number of hydrogen-bond acceptors (Lipinski definition) is 3. The van der Waals surface area contributed by atoms with Crippen LogP contribution >= 0.6 is 0 Å². The summed E-state index contributed by atoms with van der Waals surface area (Å²) in [5.41, 5.74) is -0.325. The summed E-state index contributed by atoms with van der Waals surface area (Å²) in [6.45, 7) is 1.77. The number of esters is 1. The molecule has 1 unspecified atom stereocenters. The van der Waals surface area contributed by atoms with Crippen molar-refractivity contribution < 1.29 is 27.5 Å². The van der Waals surface area contributed by atoms with Crippen molar-refractivity contribution in [2.24, 2.45) is 0 Å². The van der Waals surface area contributed by atoms with Gasteiger partial charge in [-0.05, 0) is 36.8 Å². The standard InChI is InChI=1S/C18H16F3NO3/c1-2-25-17(24)15(12-6-4-3-5-7-12)22-16(23)13-8-10-14(11-9-13)18(19,20)21/h3-11,15H,2H2,1H3,(H,22,23). The van der Waals surface area contributed by atoms with Crippen LogP contribution in [0.2, 0.25) is 0 Å². The maximum absolute atomic E-state index is 12.6. The van der Waals surface area contributed by atoms with E-state index < -0.39 is 29.7 Å². The van der Waals surface area contributed by atoms with E-state index in [1.807, 2.05) is 0 Å². The van der Waals surface area contributed by atoms with Crippen LogP contribution < -0.4 is 5.32 Å². The molecule has 0 heterocycles. The molecule has 0 saturated heterocycles. The van der Waals surface area contributed by atoms with Gasteiger partial charge < -0.3 is 10.1 Å². The fourth-order valence-corrected chi connectivity index (χ4v) is 2.17. The number of hydrogen-bond donors (Lipinski definition) is 1. The largest absolute Gasteiger partial charge is 0.464 e. The van der Waals surface area contributed by atoms with Crippen LogP contribution in [-0.4, -0.2) is 18.5 Å². The van der Waals surface area contributed by atoms with Crippen LogP contribution in [-0.2, 0) is 15.7 Å². The van der Waals surface area contributed by atoms with Crippen LogP contribution in [0, 0.1) is 0 Å². The van der Waals surface area contributed by atoms with E-state index >= 15 is 0 Å². The van der Waals surface area contributed by atoms with Crippen LogP contribution in [0.25, 0.3) is 0 Å². The Kier molecular flexibility index (Phi) is 5.80. The fourth-order valence-electron chi connectivity index (χ4n) is 2.17. The normalized spacial score (nSPS) is 12.3. The van der Waals surface area contributed by atoms with E-state index in [0.29, 0.717) is 5.56 Å². The van der Waals surface area contributed by atoms with Crippen molar-refractivity contribution in [2.45, 2.75) is 19.1 Å². The number of nitrogens with one attached hydrogen (secondary N) is 1. The molecule has 0 fully saturated rings. The number of amides is 1. The summed E-state index contributed by atoms with van der Waals surface area (Å²) in [5.74, 6) is -1.32. The average molecular weight is 351 g/mol. The molecule has 2 aromatic rings. The summed E-state index contributed by atoms with van der Waals surface area (Å²) in [5, 5.41) is 2.50. The Balaban J connectivity index is 2.20. The van der Waals surface area contributed by atoms with Crippen molar-refractivity contribution >= 4 is 11.9 Å². The van der Waals surface area contributed by atoms with Gasteiger partial charge in [0.2, 0.25) is 0 Å². The molecule has 0 aliphatic heterocycles. The highest BCUT2D eigenvalue weighted by atomic mass is 19.4. The Morgan fingerprint density at radius 1 is 1.04 bits per heavy atom. The number of carbonyl (C=O) groups excluding carboxylic acids is 2. The van der Waals surface area contributed by atoms with Gasteiger partial charge in [-0.15, -0.1) is 0 Å². The molecule has 1 amide bonds. The molecule has 0 bridgehead atoms. The van der Waals surface area contributed by atoms with Gasteiger partial charge in [0.1, 0.15) is 0 Å². The lowest BCUT2D eigenvalue weighted by Crippen LogP contribution is -2.35. The smallest absolute Gasteiger partial charge is 0.416 e. The maximum atomic E-state index is 12.6. The van der Waals surface area contributed by atoms with E-state index in [1.165, 1.54) is 0 Å². The van der Waals surface area contributed by atoms with E-state index in [1.54, 1.807) is 37.3 Å². The monoisotopic (exact) mass is 351 g/mol. The summed E-state index contributed by atoms with van der Waals surface area (Å²) in [6.07, 6.45) is -4.48. The molecule has 0 saturated carbocycles. The van der Waals surface area contributed by atoms with Crippen molar-refractivity contribution in [3.8, 4) is 0 Å². The number of halogens is 3. The van der Waals surface area contributed by atoms with Crippen molar-refractivity contribution in [1.82, 2.24) is 5.32 Å². The lowest BCUT2D eigenvalue weighted by Gasteiger charge is -2.18. The van der Waals surface area contributed by atoms with Gasteiger partial charge >= 0.3 is 12.1 Å². The van der Waals surface area contributed by atoms with Gasteiger partial charge in [0, 0.05) is 5.56 Å². The highest BCUT2D eigenvalue weighted by Crippen LogP contribution is 2.29. The number of ether oxygens (including phenoxy) is 1. The molecule has 25 heavy (non-hydrogen) atoms. The third-order valence-electron chi connectivity index (χ3n) is 3.41. The number of carbonyl (C=O) groups is 2. The van der Waals surface area contributed by atoms with E-state index in [-0.39, 0.29) is 12.2 Å². The van der Waals surface area contributed by atoms with Gasteiger partial charge in [0.25, 0.3) is 5.91 Å². The third-order valence-corrected chi connectivity index (χ3v) is 3.41. The first-order valence-corrected chi connectivity index (χ1v) is 7.52. The average Bonchev–Trinajstić information content (AvgIpc) is 2.59. The molecule has 7 heteroatoms. The van der Waals surface area contributed by atoms with Crippen LogP contribution in [0.4, 0.5) is 13.2 Å². The topological polar surface area (TPSA) is 55.4 Å². The van der Waals surface area contributed by atoms with Crippen LogP contribution in [0.1, 0.15) is 34.5 Å². The molecule has 2 aromatic carbocycles.